The quantitative estimate of drug-likeness (QED) is 0.401. The SMILES string of the molecule is COc1ccc(C(c2c(-c3ccccc3)n(O)c3ccccc23)N2CCCCC2)cc1. The second-order valence-corrected chi connectivity index (χ2v) is 8.23. The third kappa shape index (κ3) is 3.57. The fourth-order valence-electron chi connectivity index (χ4n) is 4.92. The largest absolute Gasteiger partial charge is 0.497 e. The van der Waals surface area contributed by atoms with E-state index in [4.69, 9.17) is 4.74 Å². The average Bonchev–Trinajstić information content (AvgIpc) is 3.13. The van der Waals surface area contributed by atoms with Gasteiger partial charge in [-0.1, -0.05) is 67.1 Å². The van der Waals surface area contributed by atoms with Gasteiger partial charge in [0.2, 0.25) is 0 Å². The number of hydrogen-bond acceptors (Lipinski definition) is 3. The molecule has 2 heterocycles. The van der Waals surface area contributed by atoms with E-state index in [0.29, 0.717) is 0 Å². The Kier molecular flexibility index (Phi) is 5.39. The number of benzene rings is 3. The lowest BCUT2D eigenvalue weighted by molar-refractivity contribution is 0.183. The van der Waals surface area contributed by atoms with Crippen molar-refractivity contribution in [3.8, 4) is 17.0 Å². The number of piperidine rings is 1. The van der Waals surface area contributed by atoms with E-state index in [2.05, 4.69) is 41.3 Å². The number of fused-ring (bicyclic) bond motifs is 1. The van der Waals surface area contributed by atoms with Crippen LogP contribution in [0.2, 0.25) is 0 Å². The lowest BCUT2D eigenvalue weighted by atomic mass is 9.91. The summed E-state index contributed by atoms with van der Waals surface area (Å²) < 4.78 is 6.79. The van der Waals surface area contributed by atoms with Gasteiger partial charge in [0.25, 0.3) is 0 Å². The number of methoxy groups -OCH3 is 1. The Labute approximate surface area is 183 Å². The fraction of sp³-hybridized carbons (Fsp3) is 0.259. The number of ether oxygens (including phenoxy) is 1. The first-order valence-electron chi connectivity index (χ1n) is 11.0. The van der Waals surface area contributed by atoms with E-state index < -0.39 is 0 Å². The van der Waals surface area contributed by atoms with Crippen LogP contribution >= 0.6 is 0 Å². The van der Waals surface area contributed by atoms with Crippen LogP contribution in [0.15, 0.2) is 78.9 Å². The molecule has 1 saturated heterocycles. The minimum Gasteiger partial charge on any atom is -0.497 e. The third-order valence-corrected chi connectivity index (χ3v) is 6.40. The zero-order valence-corrected chi connectivity index (χ0v) is 17.9. The van der Waals surface area contributed by atoms with Crippen molar-refractivity contribution in [2.24, 2.45) is 0 Å². The summed E-state index contributed by atoms with van der Waals surface area (Å²) >= 11 is 0. The highest BCUT2D eigenvalue weighted by Crippen LogP contribution is 2.43. The molecule has 0 spiro atoms. The average molecular weight is 413 g/mol. The molecule has 31 heavy (non-hydrogen) atoms. The number of nitrogens with zero attached hydrogens (tertiary/aromatic N) is 2. The molecule has 1 unspecified atom stereocenters. The van der Waals surface area contributed by atoms with Crippen molar-refractivity contribution >= 4 is 10.9 Å². The van der Waals surface area contributed by atoms with Crippen LogP contribution in [-0.2, 0) is 0 Å². The lowest BCUT2D eigenvalue weighted by Crippen LogP contribution is -2.34. The molecule has 4 nitrogen and oxygen atoms in total. The molecule has 0 amide bonds. The van der Waals surface area contributed by atoms with E-state index in [1.54, 1.807) is 7.11 Å². The van der Waals surface area contributed by atoms with E-state index in [-0.39, 0.29) is 6.04 Å². The molecule has 4 heteroatoms. The monoisotopic (exact) mass is 412 g/mol. The molecule has 1 N–H and O–H groups in total. The molecular formula is C27H28N2O2. The van der Waals surface area contributed by atoms with E-state index in [9.17, 15) is 5.21 Å². The van der Waals surface area contributed by atoms with Crippen LogP contribution in [-0.4, -0.2) is 35.0 Å². The molecule has 4 aromatic rings. The van der Waals surface area contributed by atoms with Crippen molar-refractivity contribution in [1.29, 1.82) is 0 Å². The first-order valence-corrected chi connectivity index (χ1v) is 11.0. The Hall–Kier alpha value is -3.24. The normalized spacial score (nSPS) is 15.8. The van der Waals surface area contributed by atoms with Crippen molar-refractivity contribution in [3.63, 3.8) is 0 Å². The first-order chi connectivity index (χ1) is 15.3. The second kappa shape index (κ2) is 8.48. The molecule has 1 aliphatic heterocycles. The van der Waals surface area contributed by atoms with Crippen molar-refractivity contribution in [2.45, 2.75) is 25.3 Å². The summed E-state index contributed by atoms with van der Waals surface area (Å²) in [5, 5.41) is 12.4. The molecule has 0 radical (unpaired) electrons. The fourth-order valence-corrected chi connectivity index (χ4v) is 4.92. The van der Waals surface area contributed by atoms with Crippen LogP contribution in [0.25, 0.3) is 22.2 Å². The Balaban J connectivity index is 1.78. The molecule has 3 aromatic carbocycles. The number of rotatable bonds is 5. The standard InChI is InChI=1S/C27H28N2O2/c1-31-22-16-14-21(15-17-22)26(28-18-8-3-9-19-28)25-23-12-6-7-13-24(23)29(30)27(25)20-10-4-2-5-11-20/h2,4-7,10-17,26,30H,3,8-9,18-19H2,1H3. The summed E-state index contributed by atoms with van der Waals surface area (Å²) in [6.45, 7) is 2.10. The van der Waals surface area contributed by atoms with Gasteiger partial charge in [0.1, 0.15) is 5.75 Å². The van der Waals surface area contributed by atoms with Gasteiger partial charge >= 0.3 is 0 Å². The molecule has 1 atom stereocenters. The first kappa shape index (κ1) is 19.7. The number of hydrogen-bond donors (Lipinski definition) is 1. The highest BCUT2D eigenvalue weighted by molar-refractivity contribution is 5.92. The minimum atomic E-state index is 0.0553. The molecule has 5 rings (SSSR count). The molecule has 1 aliphatic rings. The van der Waals surface area contributed by atoms with Crippen LogP contribution in [0, 0.1) is 0 Å². The molecule has 0 bridgehead atoms. The predicted molar refractivity (Wildman–Crippen MR) is 125 cm³/mol. The van der Waals surface area contributed by atoms with E-state index >= 15 is 0 Å². The summed E-state index contributed by atoms with van der Waals surface area (Å²) in [7, 11) is 1.70. The van der Waals surface area contributed by atoms with Crippen LogP contribution in [0.3, 0.4) is 0 Å². The molecular weight excluding hydrogens is 384 g/mol. The maximum absolute atomic E-state index is 11.3. The maximum atomic E-state index is 11.3. The molecule has 0 aliphatic carbocycles. The van der Waals surface area contributed by atoms with Gasteiger partial charge in [-0.2, -0.15) is 4.73 Å². The topological polar surface area (TPSA) is 37.6 Å². The highest BCUT2D eigenvalue weighted by atomic mass is 16.5. The van der Waals surface area contributed by atoms with Gasteiger partial charge in [-0.3, -0.25) is 4.90 Å². The summed E-state index contributed by atoms with van der Waals surface area (Å²) in [5.74, 6) is 0.856. The van der Waals surface area contributed by atoms with Gasteiger partial charge in [0.15, 0.2) is 0 Å². The highest BCUT2D eigenvalue weighted by Gasteiger charge is 2.31. The summed E-state index contributed by atoms with van der Waals surface area (Å²) in [4.78, 5) is 2.57. The van der Waals surface area contributed by atoms with Gasteiger partial charge in [-0.25, -0.2) is 0 Å². The van der Waals surface area contributed by atoms with Gasteiger partial charge in [-0.15, -0.1) is 0 Å². The number of likely N-dealkylation sites (tertiary alicyclic amines) is 1. The van der Waals surface area contributed by atoms with Gasteiger partial charge in [0, 0.05) is 16.5 Å². The third-order valence-electron chi connectivity index (χ3n) is 6.40. The Morgan fingerprint density at radius 2 is 1.48 bits per heavy atom. The predicted octanol–water partition coefficient (Wildman–Crippen LogP) is 6.13. The number of para-hydroxylation sites is 1. The van der Waals surface area contributed by atoms with Crippen molar-refractivity contribution in [2.75, 3.05) is 20.2 Å². The van der Waals surface area contributed by atoms with Crippen molar-refractivity contribution < 1.29 is 9.94 Å². The molecule has 1 aromatic heterocycles. The molecule has 1 fully saturated rings. The smallest absolute Gasteiger partial charge is 0.118 e. The van der Waals surface area contributed by atoms with Gasteiger partial charge < -0.3 is 9.94 Å². The Morgan fingerprint density at radius 1 is 0.806 bits per heavy atom. The van der Waals surface area contributed by atoms with Gasteiger partial charge in [0.05, 0.1) is 24.4 Å². The van der Waals surface area contributed by atoms with E-state index in [1.807, 2.05) is 42.5 Å². The summed E-state index contributed by atoms with van der Waals surface area (Å²) in [5.41, 5.74) is 5.11. The Bertz CT molecular complexity index is 1160. The van der Waals surface area contributed by atoms with E-state index in [1.165, 1.54) is 29.6 Å². The zero-order chi connectivity index (χ0) is 21.2. The summed E-state index contributed by atoms with van der Waals surface area (Å²) in [6, 6.07) is 26.8. The van der Waals surface area contributed by atoms with Crippen molar-refractivity contribution in [3.05, 3.63) is 90.0 Å². The Morgan fingerprint density at radius 3 is 2.19 bits per heavy atom. The van der Waals surface area contributed by atoms with Gasteiger partial charge in [-0.05, 0) is 49.7 Å². The van der Waals surface area contributed by atoms with Crippen LogP contribution in [0.4, 0.5) is 0 Å². The van der Waals surface area contributed by atoms with E-state index in [0.717, 1.165) is 46.6 Å². The van der Waals surface area contributed by atoms with Crippen molar-refractivity contribution in [1.82, 2.24) is 9.63 Å². The molecule has 0 saturated carbocycles. The molecule has 158 valence electrons. The summed E-state index contributed by atoms with van der Waals surface area (Å²) in [6.07, 6.45) is 3.68. The van der Waals surface area contributed by atoms with Crippen LogP contribution in [0.5, 0.6) is 5.75 Å². The zero-order valence-electron chi connectivity index (χ0n) is 17.9. The maximum Gasteiger partial charge on any atom is 0.118 e. The lowest BCUT2D eigenvalue weighted by Gasteiger charge is -2.35. The van der Waals surface area contributed by atoms with Crippen LogP contribution in [0.1, 0.15) is 36.4 Å². The minimum absolute atomic E-state index is 0.0553. The second-order valence-electron chi connectivity index (χ2n) is 8.23. The van der Waals surface area contributed by atoms with Crippen LogP contribution < -0.4 is 4.74 Å². The number of aromatic nitrogens is 1.